The molecule has 0 spiro atoms. The Bertz CT molecular complexity index is 671. The molecular formula is C23H38IN5O. The summed E-state index contributed by atoms with van der Waals surface area (Å²) >= 11 is 0. The smallest absolute Gasteiger partial charge is 0.227 e. The molecule has 1 aromatic rings. The first kappa shape index (κ1) is 24.9. The summed E-state index contributed by atoms with van der Waals surface area (Å²) in [5.41, 5.74) is 2.16. The van der Waals surface area contributed by atoms with Gasteiger partial charge in [-0.1, -0.05) is 19.1 Å². The van der Waals surface area contributed by atoms with E-state index in [1.807, 2.05) is 17.0 Å². The van der Waals surface area contributed by atoms with E-state index < -0.39 is 0 Å². The average Bonchev–Trinajstić information content (AvgIpc) is 3.17. The lowest BCUT2D eigenvalue weighted by atomic mass is 9.97. The van der Waals surface area contributed by atoms with E-state index in [1.165, 1.54) is 38.9 Å². The highest BCUT2D eigenvalue weighted by Gasteiger charge is 2.21. The number of hydrogen-bond acceptors (Lipinski definition) is 3. The van der Waals surface area contributed by atoms with Crippen molar-refractivity contribution in [3.8, 4) is 0 Å². The second kappa shape index (κ2) is 13.1. The fourth-order valence-electron chi connectivity index (χ4n) is 4.19. The van der Waals surface area contributed by atoms with Crippen LogP contribution in [0.15, 0.2) is 29.3 Å². The predicted molar refractivity (Wildman–Crippen MR) is 136 cm³/mol. The van der Waals surface area contributed by atoms with Gasteiger partial charge in [-0.05, 0) is 75.9 Å². The number of hydrogen-bond donors (Lipinski definition) is 2. The van der Waals surface area contributed by atoms with E-state index in [2.05, 4.69) is 41.5 Å². The van der Waals surface area contributed by atoms with Crippen molar-refractivity contribution in [2.24, 2.45) is 10.9 Å². The van der Waals surface area contributed by atoms with Crippen LogP contribution in [0.3, 0.4) is 0 Å². The second-order valence-corrected chi connectivity index (χ2v) is 8.18. The van der Waals surface area contributed by atoms with Crippen LogP contribution in [0, 0.1) is 5.92 Å². The molecule has 2 N–H and O–H groups in total. The third kappa shape index (κ3) is 7.41. The summed E-state index contributed by atoms with van der Waals surface area (Å²) in [6.45, 7) is 11.3. The molecule has 2 saturated heterocycles. The highest BCUT2D eigenvalue weighted by molar-refractivity contribution is 14.0. The molecule has 1 aromatic carbocycles. The van der Waals surface area contributed by atoms with E-state index in [0.717, 1.165) is 49.2 Å². The van der Waals surface area contributed by atoms with Gasteiger partial charge in [0.2, 0.25) is 5.91 Å². The number of halogens is 1. The molecule has 2 heterocycles. The van der Waals surface area contributed by atoms with Crippen molar-refractivity contribution in [1.82, 2.24) is 15.5 Å². The normalized spacial score (nSPS) is 18.4. The zero-order valence-corrected chi connectivity index (χ0v) is 20.9. The summed E-state index contributed by atoms with van der Waals surface area (Å²) in [4.78, 5) is 21.1. The number of carbonyl (C=O) groups is 1. The van der Waals surface area contributed by atoms with E-state index in [1.54, 1.807) is 0 Å². The minimum absolute atomic E-state index is 0. The molecule has 2 aliphatic rings. The molecule has 0 unspecified atom stereocenters. The largest absolute Gasteiger partial charge is 0.357 e. The van der Waals surface area contributed by atoms with Crippen molar-refractivity contribution in [3.63, 3.8) is 0 Å². The van der Waals surface area contributed by atoms with Crippen LogP contribution in [-0.2, 0) is 11.3 Å². The second-order valence-electron chi connectivity index (χ2n) is 8.18. The van der Waals surface area contributed by atoms with Crippen molar-refractivity contribution in [1.29, 1.82) is 0 Å². The maximum atomic E-state index is 11.9. The molecule has 0 aromatic heterocycles. The van der Waals surface area contributed by atoms with Crippen LogP contribution < -0.4 is 15.5 Å². The summed E-state index contributed by atoms with van der Waals surface area (Å²) in [6.07, 6.45) is 5.41. The van der Waals surface area contributed by atoms with Crippen LogP contribution in [0.2, 0.25) is 0 Å². The monoisotopic (exact) mass is 527 g/mol. The third-order valence-corrected chi connectivity index (χ3v) is 5.89. The van der Waals surface area contributed by atoms with E-state index in [4.69, 9.17) is 4.99 Å². The number of benzene rings is 1. The zero-order chi connectivity index (χ0) is 20.5. The Hall–Kier alpha value is -1.35. The van der Waals surface area contributed by atoms with Gasteiger partial charge in [0.15, 0.2) is 5.96 Å². The molecule has 0 atom stereocenters. The molecule has 7 heteroatoms. The standard InChI is InChI=1S/C23H37N5O.HI/c1-3-13-27-15-11-20(12-16-27)18-26-23(24-4-2)25-17-19-7-9-21(10-8-19)28-14-5-6-22(28)29;/h7-10,20H,3-6,11-18H2,1-2H3,(H2,24,25,26);1H. The molecule has 3 rings (SSSR count). The van der Waals surface area contributed by atoms with Gasteiger partial charge < -0.3 is 20.4 Å². The first-order valence-corrected chi connectivity index (χ1v) is 11.3. The first-order valence-electron chi connectivity index (χ1n) is 11.3. The number of nitrogens with one attached hydrogen (secondary N) is 2. The molecule has 0 saturated carbocycles. The number of aliphatic imine (C=N–C) groups is 1. The lowest BCUT2D eigenvalue weighted by Crippen LogP contribution is -2.43. The number of rotatable bonds is 8. The highest BCUT2D eigenvalue weighted by Crippen LogP contribution is 2.22. The number of carbonyl (C=O) groups excluding carboxylic acids is 1. The van der Waals surface area contributed by atoms with Gasteiger partial charge in [-0.3, -0.25) is 4.79 Å². The van der Waals surface area contributed by atoms with E-state index in [9.17, 15) is 4.79 Å². The molecular weight excluding hydrogens is 489 g/mol. The van der Waals surface area contributed by atoms with Crippen LogP contribution in [0.5, 0.6) is 0 Å². The zero-order valence-electron chi connectivity index (χ0n) is 18.5. The molecule has 6 nitrogen and oxygen atoms in total. The van der Waals surface area contributed by atoms with Crippen molar-refractivity contribution in [3.05, 3.63) is 29.8 Å². The van der Waals surface area contributed by atoms with Gasteiger partial charge in [-0.25, -0.2) is 4.99 Å². The summed E-state index contributed by atoms with van der Waals surface area (Å²) in [5.74, 6) is 1.85. The van der Waals surface area contributed by atoms with Gasteiger partial charge in [-0.15, -0.1) is 24.0 Å². The Kier molecular flexibility index (Phi) is 10.9. The molecule has 1 amide bonds. The summed E-state index contributed by atoms with van der Waals surface area (Å²) in [7, 11) is 0. The van der Waals surface area contributed by atoms with Crippen LogP contribution >= 0.6 is 24.0 Å². The molecule has 30 heavy (non-hydrogen) atoms. The lowest BCUT2D eigenvalue weighted by molar-refractivity contribution is -0.117. The van der Waals surface area contributed by atoms with Crippen molar-refractivity contribution < 1.29 is 4.79 Å². The fourth-order valence-corrected chi connectivity index (χ4v) is 4.19. The minimum Gasteiger partial charge on any atom is -0.357 e. The van der Waals surface area contributed by atoms with Gasteiger partial charge in [-0.2, -0.15) is 0 Å². The lowest BCUT2D eigenvalue weighted by Gasteiger charge is -2.32. The average molecular weight is 527 g/mol. The maximum absolute atomic E-state index is 11.9. The molecule has 2 aliphatic heterocycles. The van der Waals surface area contributed by atoms with Gasteiger partial charge in [0.05, 0.1) is 6.54 Å². The summed E-state index contributed by atoms with van der Waals surface area (Å²) in [6, 6.07) is 8.24. The molecule has 0 aliphatic carbocycles. The van der Waals surface area contributed by atoms with Crippen LogP contribution in [0.1, 0.15) is 51.5 Å². The van der Waals surface area contributed by atoms with Gasteiger partial charge in [0.25, 0.3) is 0 Å². The number of piperidine rings is 1. The van der Waals surface area contributed by atoms with E-state index in [0.29, 0.717) is 13.0 Å². The van der Waals surface area contributed by atoms with Gasteiger partial charge in [0, 0.05) is 31.7 Å². The molecule has 0 bridgehead atoms. The van der Waals surface area contributed by atoms with Crippen LogP contribution in [0.25, 0.3) is 0 Å². The number of nitrogens with zero attached hydrogens (tertiary/aromatic N) is 3. The van der Waals surface area contributed by atoms with Crippen LogP contribution in [-0.4, -0.2) is 56.0 Å². The first-order chi connectivity index (χ1) is 14.2. The highest BCUT2D eigenvalue weighted by atomic mass is 127. The summed E-state index contributed by atoms with van der Waals surface area (Å²) in [5, 5.41) is 6.90. The minimum atomic E-state index is 0. The van der Waals surface area contributed by atoms with E-state index in [-0.39, 0.29) is 29.9 Å². The third-order valence-electron chi connectivity index (χ3n) is 5.89. The van der Waals surface area contributed by atoms with Gasteiger partial charge in [0.1, 0.15) is 0 Å². The van der Waals surface area contributed by atoms with Crippen molar-refractivity contribution in [2.75, 3.05) is 44.2 Å². The summed E-state index contributed by atoms with van der Waals surface area (Å²) < 4.78 is 0. The maximum Gasteiger partial charge on any atom is 0.227 e. The predicted octanol–water partition coefficient (Wildman–Crippen LogP) is 3.61. The Labute approximate surface area is 198 Å². The van der Waals surface area contributed by atoms with E-state index >= 15 is 0 Å². The SMILES string of the molecule is CCCN1CCC(CNC(=NCc2ccc(N3CCCC3=O)cc2)NCC)CC1.I. The molecule has 2 fully saturated rings. The number of likely N-dealkylation sites (tertiary alicyclic amines) is 1. The van der Waals surface area contributed by atoms with Gasteiger partial charge >= 0.3 is 0 Å². The number of anilines is 1. The topological polar surface area (TPSA) is 60.0 Å². The van der Waals surface area contributed by atoms with Crippen LogP contribution in [0.4, 0.5) is 5.69 Å². The Morgan fingerprint density at radius 2 is 1.83 bits per heavy atom. The Morgan fingerprint density at radius 1 is 1.10 bits per heavy atom. The quantitative estimate of drug-likeness (QED) is 0.308. The fraction of sp³-hybridized carbons (Fsp3) is 0.652. The molecule has 0 radical (unpaired) electrons. The number of guanidine groups is 1. The Balaban J connectivity index is 0.00000320. The molecule has 168 valence electrons. The Morgan fingerprint density at radius 3 is 2.43 bits per heavy atom. The number of amides is 1. The van der Waals surface area contributed by atoms with Crippen molar-refractivity contribution >= 4 is 41.5 Å². The van der Waals surface area contributed by atoms with Crippen molar-refractivity contribution in [2.45, 2.75) is 52.5 Å².